The van der Waals surface area contributed by atoms with E-state index in [0.29, 0.717) is 35.1 Å². The Morgan fingerprint density at radius 3 is 1.55 bits per heavy atom. The van der Waals surface area contributed by atoms with Crippen LogP contribution < -0.4 is 0 Å². The molecule has 0 radical (unpaired) electrons. The van der Waals surface area contributed by atoms with Gasteiger partial charge in [0.1, 0.15) is 0 Å². The van der Waals surface area contributed by atoms with E-state index in [0.717, 1.165) is 6.42 Å². The standard InChI is InChI=1S/C24H20N2O5/c27-24-20(12-5-10-18-8-1-3-16-22(18)25(28)29)14-7-15-21(24)13-6-11-19-9-2-4-17-23(19)26(30)31/h1-6,8-13,16-17H,7,14-15H2/b10-5+,11-6+,20-12+,21-13+. The fourth-order valence-electron chi connectivity index (χ4n) is 3.35. The molecule has 31 heavy (non-hydrogen) atoms. The van der Waals surface area contributed by atoms with Crippen molar-refractivity contribution in [3.8, 4) is 0 Å². The van der Waals surface area contributed by atoms with Crippen LogP contribution in [0.15, 0.2) is 84.0 Å². The van der Waals surface area contributed by atoms with Gasteiger partial charge in [-0.1, -0.05) is 48.6 Å². The highest BCUT2D eigenvalue weighted by Gasteiger charge is 2.19. The van der Waals surface area contributed by atoms with Crippen LogP contribution in [0.3, 0.4) is 0 Å². The Morgan fingerprint density at radius 1 is 0.710 bits per heavy atom. The quantitative estimate of drug-likeness (QED) is 0.334. The van der Waals surface area contributed by atoms with Gasteiger partial charge in [-0.25, -0.2) is 0 Å². The Kier molecular flexibility index (Phi) is 7.01. The van der Waals surface area contributed by atoms with E-state index in [4.69, 9.17) is 0 Å². The van der Waals surface area contributed by atoms with E-state index in [1.165, 1.54) is 12.1 Å². The van der Waals surface area contributed by atoms with Gasteiger partial charge in [0.25, 0.3) is 11.4 Å². The van der Waals surface area contributed by atoms with E-state index in [-0.39, 0.29) is 17.2 Å². The molecule has 1 fully saturated rings. The molecule has 7 heteroatoms. The maximum atomic E-state index is 12.7. The number of Topliss-reactive ketones (excluding diaryl/α,β-unsaturated/α-hetero) is 1. The molecule has 3 rings (SSSR count). The molecule has 0 aromatic heterocycles. The molecule has 0 N–H and O–H groups in total. The zero-order valence-electron chi connectivity index (χ0n) is 16.6. The molecule has 1 aliphatic carbocycles. The number of ketones is 1. The van der Waals surface area contributed by atoms with E-state index in [9.17, 15) is 25.0 Å². The summed E-state index contributed by atoms with van der Waals surface area (Å²) < 4.78 is 0. The molecule has 0 heterocycles. The Bertz CT molecular complexity index is 1050. The Morgan fingerprint density at radius 2 is 1.13 bits per heavy atom. The number of nitro groups is 2. The SMILES string of the molecule is O=C1/C(=C/C=C/c2ccccc2[N+](=O)[O-])CCC/C1=C\C=C\c1ccccc1[N+](=O)[O-]. The smallest absolute Gasteiger partial charge is 0.276 e. The van der Waals surface area contributed by atoms with Gasteiger partial charge >= 0.3 is 0 Å². The van der Waals surface area contributed by atoms with Gasteiger partial charge in [-0.15, -0.1) is 0 Å². The predicted molar refractivity (Wildman–Crippen MR) is 119 cm³/mol. The lowest BCUT2D eigenvalue weighted by molar-refractivity contribution is -0.385. The molecule has 0 saturated heterocycles. The van der Waals surface area contributed by atoms with Crippen molar-refractivity contribution in [3.05, 3.63) is 115 Å². The van der Waals surface area contributed by atoms with Crippen LogP contribution in [0.2, 0.25) is 0 Å². The second kappa shape index (κ2) is 10.1. The molecular weight excluding hydrogens is 396 g/mol. The molecule has 2 aromatic rings. The molecule has 1 saturated carbocycles. The number of nitrogens with zero attached hydrogens (tertiary/aromatic N) is 2. The predicted octanol–water partition coefficient (Wildman–Crippen LogP) is 5.84. The molecule has 0 unspecified atom stereocenters. The third-order valence-electron chi connectivity index (χ3n) is 4.89. The summed E-state index contributed by atoms with van der Waals surface area (Å²) in [5, 5.41) is 22.2. The minimum Gasteiger partial charge on any atom is -0.289 e. The summed E-state index contributed by atoms with van der Waals surface area (Å²) in [6.45, 7) is 0. The molecule has 0 aliphatic heterocycles. The highest BCUT2D eigenvalue weighted by atomic mass is 16.6. The molecule has 0 bridgehead atoms. The number of rotatable bonds is 6. The average Bonchev–Trinajstić information content (AvgIpc) is 2.76. The molecular formula is C24H20N2O5. The van der Waals surface area contributed by atoms with Gasteiger partial charge in [0.2, 0.25) is 0 Å². The van der Waals surface area contributed by atoms with E-state index in [2.05, 4.69) is 0 Å². The van der Waals surface area contributed by atoms with Crippen LogP contribution in [0.4, 0.5) is 11.4 Å². The van der Waals surface area contributed by atoms with E-state index < -0.39 is 9.85 Å². The van der Waals surface area contributed by atoms with Gasteiger partial charge in [0, 0.05) is 12.1 Å². The van der Waals surface area contributed by atoms with E-state index in [1.54, 1.807) is 72.9 Å². The van der Waals surface area contributed by atoms with E-state index in [1.807, 2.05) is 0 Å². The van der Waals surface area contributed by atoms with Crippen molar-refractivity contribution in [1.82, 2.24) is 0 Å². The largest absolute Gasteiger partial charge is 0.289 e. The van der Waals surface area contributed by atoms with Crippen LogP contribution >= 0.6 is 0 Å². The molecule has 0 spiro atoms. The first-order valence-electron chi connectivity index (χ1n) is 9.73. The zero-order chi connectivity index (χ0) is 22.2. The average molecular weight is 416 g/mol. The summed E-state index contributed by atoms with van der Waals surface area (Å²) in [7, 11) is 0. The summed E-state index contributed by atoms with van der Waals surface area (Å²) in [5.41, 5.74) is 2.21. The van der Waals surface area contributed by atoms with Crippen LogP contribution in [0.1, 0.15) is 30.4 Å². The second-order valence-electron chi connectivity index (χ2n) is 6.92. The minimum absolute atomic E-state index is 0.00727. The van der Waals surface area contributed by atoms with Crippen molar-refractivity contribution >= 4 is 29.3 Å². The molecule has 2 aromatic carbocycles. The maximum absolute atomic E-state index is 12.7. The summed E-state index contributed by atoms with van der Waals surface area (Å²) in [4.78, 5) is 34.0. The van der Waals surface area contributed by atoms with Crippen LogP contribution in [0, 0.1) is 20.2 Å². The van der Waals surface area contributed by atoms with Crippen molar-refractivity contribution in [2.75, 3.05) is 0 Å². The fourth-order valence-corrected chi connectivity index (χ4v) is 3.35. The maximum Gasteiger partial charge on any atom is 0.276 e. The first-order chi connectivity index (χ1) is 15.0. The van der Waals surface area contributed by atoms with Crippen molar-refractivity contribution < 1.29 is 14.6 Å². The van der Waals surface area contributed by atoms with Crippen LogP contribution in [0.25, 0.3) is 12.2 Å². The van der Waals surface area contributed by atoms with Crippen molar-refractivity contribution in [2.24, 2.45) is 0 Å². The molecule has 1 aliphatic rings. The van der Waals surface area contributed by atoms with Gasteiger partial charge in [0.05, 0.1) is 21.0 Å². The fraction of sp³-hybridized carbons (Fsp3) is 0.125. The highest BCUT2D eigenvalue weighted by Crippen LogP contribution is 2.26. The number of hydrogen-bond acceptors (Lipinski definition) is 5. The topological polar surface area (TPSA) is 103 Å². The number of allylic oxidation sites excluding steroid dienone is 6. The molecule has 0 amide bonds. The minimum atomic E-state index is -0.442. The monoisotopic (exact) mass is 416 g/mol. The van der Waals surface area contributed by atoms with Gasteiger partial charge < -0.3 is 0 Å². The van der Waals surface area contributed by atoms with Gasteiger partial charge in [-0.05, 0) is 54.7 Å². The van der Waals surface area contributed by atoms with Crippen LogP contribution in [-0.2, 0) is 4.79 Å². The molecule has 156 valence electrons. The summed E-state index contributed by atoms with van der Waals surface area (Å²) in [6.07, 6.45) is 12.0. The first kappa shape index (κ1) is 21.6. The van der Waals surface area contributed by atoms with Gasteiger partial charge in [-0.2, -0.15) is 0 Å². The van der Waals surface area contributed by atoms with Crippen molar-refractivity contribution in [2.45, 2.75) is 19.3 Å². The number of nitro benzene ring substituents is 2. The number of para-hydroxylation sites is 2. The first-order valence-corrected chi connectivity index (χ1v) is 9.73. The number of benzene rings is 2. The second-order valence-corrected chi connectivity index (χ2v) is 6.92. The number of carbonyl (C=O) groups excluding carboxylic acids is 1. The lowest BCUT2D eigenvalue weighted by atomic mass is 9.88. The van der Waals surface area contributed by atoms with Crippen LogP contribution in [0.5, 0.6) is 0 Å². The molecule has 0 atom stereocenters. The van der Waals surface area contributed by atoms with Gasteiger partial charge in [0.15, 0.2) is 5.78 Å². The van der Waals surface area contributed by atoms with Gasteiger partial charge in [-0.3, -0.25) is 25.0 Å². The van der Waals surface area contributed by atoms with Crippen LogP contribution in [-0.4, -0.2) is 15.6 Å². The summed E-state index contributed by atoms with van der Waals surface area (Å²) >= 11 is 0. The Balaban J connectivity index is 1.76. The Labute approximate surface area is 179 Å². The summed E-state index contributed by atoms with van der Waals surface area (Å²) in [5.74, 6) is -0.0781. The molecule has 7 nitrogen and oxygen atoms in total. The van der Waals surface area contributed by atoms with Crippen molar-refractivity contribution in [1.29, 1.82) is 0 Å². The normalized spacial score (nSPS) is 17.1. The Hall–Kier alpha value is -4.13. The highest BCUT2D eigenvalue weighted by molar-refractivity contribution is 6.09. The lowest BCUT2D eigenvalue weighted by Gasteiger charge is -2.15. The van der Waals surface area contributed by atoms with E-state index >= 15 is 0 Å². The number of carbonyl (C=O) groups is 1. The zero-order valence-corrected chi connectivity index (χ0v) is 16.6. The van der Waals surface area contributed by atoms with Crippen molar-refractivity contribution in [3.63, 3.8) is 0 Å². The summed E-state index contributed by atoms with van der Waals surface area (Å²) in [6, 6.07) is 12.8. The lowest BCUT2D eigenvalue weighted by Crippen LogP contribution is -2.12. The third-order valence-corrected chi connectivity index (χ3v) is 4.89. The third kappa shape index (κ3) is 5.48. The number of hydrogen-bond donors (Lipinski definition) is 0.